The van der Waals surface area contributed by atoms with Gasteiger partial charge in [-0.3, -0.25) is 10.2 Å². The zero-order chi connectivity index (χ0) is 29.6. The molecule has 1 amide bonds. The average molecular weight is 636 g/mol. The van der Waals surface area contributed by atoms with Gasteiger partial charge in [-0.05, 0) is 73.4 Å². The van der Waals surface area contributed by atoms with Crippen LogP contribution in [0.3, 0.4) is 0 Å². The Morgan fingerprint density at radius 1 is 1.00 bits per heavy atom. The number of hydrogen-bond acceptors (Lipinski definition) is 7. The molecule has 0 aromatic heterocycles. The van der Waals surface area contributed by atoms with Crippen LogP contribution in [0, 0.1) is 0 Å². The molecule has 3 aromatic carbocycles. The minimum Gasteiger partial charge on any atom is -0.496 e. The molecule has 1 N–H and O–H groups in total. The van der Waals surface area contributed by atoms with E-state index in [2.05, 4.69) is 31.0 Å². The molecule has 0 saturated carbocycles. The molecule has 0 aliphatic carbocycles. The number of halogens is 4. The van der Waals surface area contributed by atoms with Gasteiger partial charge in [-0.25, -0.2) is 9.80 Å². The molecule has 0 unspecified atom stereocenters. The average Bonchev–Trinajstić information content (AvgIpc) is 2.96. The summed E-state index contributed by atoms with van der Waals surface area (Å²) in [4.78, 5) is 28.2. The van der Waals surface area contributed by atoms with Gasteiger partial charge in [0.15, 0.2) is 0 Å². The number of piperidine rings is 1. The van der Waals surface area contributed by atoms with Gasteiger partial charge < -0.3 is 19.1 Å². The van der Waals surface area contributed by atoms with E-state index in [1.165, 1.54) is 37.4 Å². The lowest BCUT2D eigenvalue weighted by molar-refractivity contribution is -0.274. The van der Waals surface area contributed by atoms with Crippen LogP contribution in [0.4, 0.5) is 30.2 Å². The number of nitrogens with zero attached hydrogens (tertiary/aromatic N) is 2. The fraction of sp³-hybridized carbons (Fsp3) is 0.310. The highest BCUT2D eigenvalue weighted by Crippen LogP contribution is 2.33. The van der Waals surface area contributed by atoms with Crippen LogP contribution >= 0.6 is 15.9 Å². The molecule has 0 radical (unpaired) electrons. The van der Waals surface area contributed by atoms with Gasteiger partial charge in [0, 0.05) is 17.6 Å². The first-order chi connectivity index (χ1) is 19.6. The van der Waals surface area contributed by atoms with Crippen LogP contribution in [-0.4, -0.2) is 45.5 Å². The van der Waals surface area contributed by atoms with Crippen LogP contribution in [0.2, 0.25) is 0 Å². The molecule has 1 fully saturated rings. The number of amides is 1. The molecule has 0 atom stereocenters. The highest BCUT2D eigenvalue weighted by Gasteiger charge is 2.31. The normalized spacial score (nSPS) is 13.4. The number of alkyl halides is 3. The van der Waals surface area contributed by atoms with Crippen molar-refractivity contribution < 1.29 is 37.0 Å². The zero-order valence-corrected chi connectivity index (χ0v) is 24.0. The lowest BCUT2D eigenvalue weighted by atomic mass is 10.1. The summed E-state index contributed by atoms with van der Waals surface area (Å²) in [6, 6.07) is 15.7. The molecule has 1 aliphatic rings. The summed E-state index contributed by atoms with van der Waals surface area (Å²) in [6.07, 6.45) is -1.73. The molecule has 218 valence electrons. The fourth-order valence-corrected chi connectivity index (χ4v) is 5.06. The molecule has 0 bridgehead atoms. The number of benzene rings is 3. The minimum atomic E-state index is -4.84. The number of para-hydroxylation sites is 2. The van der Waals surface area contributed by atoms with Gasteiger partial charge in [0.05, 0.1) is 37.7 Å². The standard InChI is InChI=1S/C29H29BrF3N3O5/c1-39-26-16-19(23(30)18-22(26)28(38)40-2)17-27(37)36(20-10-12-21(13-11-20)41-29(31,32)33)34-24-8-4-5-9-25(24)35-14-6-3-7-15-35/h4-5,8-13,16,18,34H,3,6-7,14-15,17H2,1-2H3. The van der Waals surface area contributed by atoms with Crippen LogP contribution in [0.5, 0.6) is 11.5 Å². The van der Waals surface area contributed by atoms with Crippen molar-refractivity contribution in [2.45, 2.75) is 32.0 Å². The van der Waals surface area contributed by atoms with Crippen molar-refractivity contribution in [3.8, 4) is 11.5 Å². The number of hydrogen-bond donors (Lipinski definition) is 1. The van der Waals surface area contributed by atoms with E-state index < -0.39 is 24.0 Å². The number of hydrazine groups is 1. The monoisotopic (exact) mass is 635 g/mol. The maximum atomic E-state index is 13.8. The van der Waals surface area contributed by atoms with Crippen molar-refractivity contribution in [1.82, 2.24) is 0 Å². The molecule has 1 saturated heterocycles. The second-order valence-electron chi connectivity index (χ2n) is 9.26. The van der Waals surface area contributed by atoms with Gasteiger partial charge >= 0.3 is 12.3 Å². The minimum absolute atomic E-state index is 0.141. The molecule has 3 aromatic rings. The number of nitrogens with one attached hydrogen (secondary N) is 1. The van der Waals surface area contributed by atoms with Crippen LogP contribution in [-0.2, 0) is 16.0 Å². The Bertz CT molecular complexity index is 1380. The topological polar surface area (TPSA) is 80.3 Å². The first-order valence-corrected chi connectivity index (χ1v) is 13.6. The smallest absolute Gasteiger partial charge is 0.496 e. The Labute approximate surface area is 244 Å². The van der Waals surface area contributed by atoms with Gasteiger partial charge in [-0.15, -0.1) is 13.2 Å². The number of esters is 1. The highest BCUT2D eigenvalue weighted by molar-refractivity contribution is 9.10. The Morgan fingerprint density at radius 2 is 1.68 bits per heavy atom. The van der Waals surface area contributed by atoms with Crippen LogP contribution in [0.15, 0.2) is 65.1 Å². The van der Waals surface area contributed by atoms with E-state index >= 15 is 0 Å². The predicted octanol–water partition coefficient (Wildman–Crippen LogP) is 6.74. The summed E-state index contributed by atoms with van der Waals surface area (Å²) in [6.45, 7) is 1.74. The summed E-state index contributed by atoms with van der Waals surface area (Å²) >= 11 is 3.43. The molecule has 41 heavy (non-hydrogen) atoms. The van der Waals surface area contributed by atoms with E-state index in [9.17, 15) is 22.8 Å². The lowest BCUT2D eigenvalue weighted by Crippen LogP contribution is -2.38. The van der Waals surface area contributed by atoms with E-state index in [1.807, 2.05) is 24.3 Å². The fourth-order valence-electron chi connectivity index (χ4n) is 4.58. The molecule has 4 rings (SSSR count). The zero-order valence-electron chi connectivity index (χ0n) is 22.5. The lowest BCUT2D eigenvalue weighted by Gasteiger charge is -2.33. The summed E-state index contributed by atoms with van der Waals surface area (Å²) < 4.78 is 52.8. The summed E-state index contributed by atoms with van der Waals surface area (Å²) in [7, 11) is 2.65. The molecular weight excluding hydrogens is 607 g/mol. The van der Waals surface area contributed by atoms with Crippen molar-refractivity contribution in [3.05, 3.63) is 76.3 Å². The van der Waals surface area contributed by atoms with Crippen LogP contribution in [0.1, 0.15) is 35.2 Å². The van der Waals surface area contributed by atoms with E-state index in [-0.39, 0.29) is 17.7 Å². The van der Waals surface area contributed by atoms with Gasteiger partial charge in [-0.1, -0.05) is 28.1 Å². The molecular formula is C29H29BrF3N3O5. The largest absolute Gasteiger partial charge is 0.573 e. The predicted molar refractivity (Wildman–Crippen MR) is 152 cm³/mol. The van der Waals surface area contributed by atoms with Gasteiger partial charge in [-0.2, -0.15) is 0 Å². The number of anilines is 3. The van der Waals surface area contributed by atoms with Crippen molar-refractivity contribution in [2.75, 3.05) is 42.6 Å². The molecule has 1 aliphatic heterocycles. The van der Waals surface area contributed by atoms with E-state index in [0.717, 1.165) is 50.2 Å². The van der Waals surface area contributed by atoms with Crippen molar-refractivity contribution >= 4 is 44.9 Å². The Hall–Kier alpha value is -3.93. The third-order valence-electron chi connectivity index (χ3n) is 6.53. The quantitative estimate of drug-likeness (QED) is 0.206. The Morgan fingerprint density at radius 3 is 2.32 bits per heavy atom. The van der Waals surface area contributed by atoms with Gasteiger partial charge in [0.25, 0.3) is 0 Å². The third-order valence-corrected chi connectivity index (χ3v) is 7.26. The first kappa shape index (κ1) is 30.0. The van der Waals surface area contributed by atoms with E-state index in [0.29, 0.717) is 21.4 Å². The number of rotatable bonds is 9. The maximum Gasteiger partial charge on any atom is 0.573 e. The second kappa shape index (κ2) is 13.2. The number of methoxy groups -OCH3 is 2. The Kier molecular flexibility index (Phi) is 9.64. The highest BCUT2D eigenvalue weighted by atomic mass is 79.9. The molecule has 0 spiro atoms. The van der Waals surface area contributed by atoms with Crippen LogP contribution in [0.25, 0.3) is 0 Å². The van der Waals surface area contributed by atoms with Crippen LogP contribution < -0.4 is 24.8 Å². The Balaban J connectivity index is 1.68. The number of carbonyl (C=O) groups excluding carboxylic acids is 2. The maximum absolute atomic E-state index is 13.8. The molecule has 8 nitrogen and oxygen atoms in total. The SMILES string of the molecule is COC(=O)c1cc(Br)c(CC(=O)N(Nc2ccccc2N2CCCCC2)c2ccc(OC(F)(F)F)cc2)cc1OC. The second-order valence-corrected chi connectivity index (χ2v) is 10.1. The third kappa shape index (κ3) is 7.63. The van der Waals surface area contributed by atoms with E-state index in [1.54, 1.807) is 6.07 Å². The van der Waals surface area contributed by atoms with Crippen molar-refractivity contribution in [2.24, 2.45) is 0 Å². The van der Waals surface area contributed by atoms with Gasteiger partial charge in [0.2, 0.25) is 5.91 Å². The van der Waals surface area contributed by atoms with Gasteiger partial charge in [0.1, 0.15) is 17.1 Å². The van der Waals surface area contributed by atoms with Crippen molar-refractivity contribution in [1.29, 1.82) is 0 Å². The first-order valence-electron chi connectivity index (χ1n) is 12.8. The summed E-state index contributed by atoms with van der Waals surface area (Å²) in [5.74, 6) is -1.20. The summed E-state index contributed by atoms with van der Waals surface area (Å²) in [5, 5.41) is 1.29. The summed E-state index contributed by atoms with van der Waals surface area (Å²) in [5.41, 5.74) is 5.77. The molecule has 1 heterocycles. The van der Waals surface area contributed by atoms with E-state index in [4.69, 9.17) is 9.47 Å². The number of carbonyl (C=O) groups is 2. The number of ether oxygens (including phenoxy) is 3. The van der Waals surface area contributed by atoms with Crippen molar-refractivity contribution in [3.63, 3.8) is 0 Å². The molecule has 12 heteroatoms.